The van der Waals surface area contributed by atoms with E-state index in [1.165, 1.54) is 0 Å². The van der Waals surface area contributed by atoms with Gasteiger partial charge < -0.3 is 10.3 Å². The smallest absolute Gasteiger partial charge is 0.195 e. The van der Waals surface area contributed by atoms with Crippen molar-refractivity contribution in [2.75, 3.05) is 5.73 Å². The molecule has 0 aliphatic carbocycles. The van der Waals surface area contributed by atoms with Crippen LogP contribution in [-0.4, -0.2) is 10.1 Å². The first-order valence-corrected chi connectivity index (χ1v) is 6.48. The molecule has 0 fully saturated rings. The van der Waals surface area contributed by atoms with E-state index in [1.807, 2.05) is 42.5 Å². The van der Waals surface area contributed by atoms with Gasteiger partial charge in [-0.15, -0.1) is 0 Å². The minimum absolute atomic E-state index is 0.354. The predicted molar refractivity (Wildman–Crippen MR) is 77.3 cm³/mol. The molecule has 1 aromatic carbocycles. The summed E-state index contributed by atoms with van der Waals surface area (Å²) in [6, 6.07) is 13.4. The molecule has 0 amide bonds. The van der Waals surface area contributed by atoms with Crippen LogP contribution in [0.5, 0.6) is 0 Å². The van der Waals surface area contributed by atoms with Crippen LogP contribution in [0.4, 0.5) is 5.82 Å². The molecule has 19 heavy (non-hydrogen) atoms. The lowest BCUT2D eigenvalue weighted by Gasteiger charge is -2.04. The highest BCUT2D eigenvalue weighted by Gasteiger charge is 2.19. The van der Waals surface area contributed by atoms with Gasteiger partial charge in [0.15, 0.2) is 11.6 Å². The van der Waals surface area contributed by atoms with Gasteiger partial charge in [-0.1, -0.05) is 45.4 Å². The second-order valence-corrected chi connectivity index (χ2v) is 4.82. The maximum atomic E-state index is 5.93. The normalized spacial score (nSPS) is 10.6. The first-order valence-electron chi connectivity index (χ1n) is 5.69. The van der Waals surface area contributed by atoms with Gasteiger partial charge in [-0.25, -0.2) is 0 Å². The molecule has 0 saturated heterocycles. The lowest BCUT2D eigenvalue weighted by Crippen LogP contribution is -1.90. The summed E-state index contributed by atoms with van der Waals surface area (Å²) in [5, 5.41) is 3.85. The largest absolute Gasteiger partial charge is 0.380 e. The molecule has 0 spiro atoms. The Hall–Kier alpha value is -2.14. The van der Waals surface area contributed by atoms with Gasteiger partial charge >= 0.3 is 0 Å². The molecule has 5 heteroatoms. The van der Waals surface area contributed by atoms with Gasteiger partial charge in [0, 0.05) is 16.2 Å². The van der Waals surface area contributed by atoms with Gasteiger partial charge in [0.2, 0.25) is 0 Å². The van der Waals surface area contributed by atoms with Crippen molar-refractivity contribution < 1.29 is 4.52 Å². The molecule has 0 atom stereocenters. The summed E-state index contributed by atoms with van der Waals surface area (Å²) in [6.07, 6.45) is 1.71. The van der Waals surface area contributed by atoms with Crippen LogP contribution < -0.4 is 5.73 Å². The number of nitrogen functional groups attached to an aromatic ring is 1. The number of nitrogens with two attached hydrogens (primary N) is 1. The van der Waals surface area contributed by atoms with E-state index in [1.54, 1.807) is 6.20 Å². The molecule has 3 aromatic rings. The summed E-state index contributed by atoms with van der Waals surface area (Å²) < 4.78 is 6.27. The number of hydrogen-bond donors (Lipinski definition) is 1. The Bertz CT molecular complexity index is 710. The van der Waals surface area contributed by atoms with Gasteiger partial charge in [0.1, 0.15) is 5.69 Å². The molecule has 4 nitrogen and oxygen atoms in total. The quantitative estimate of drug-likeness (QED) is 0.782. The maximum absolute atomic E-state index is 5.93. The van der Waals surface area contributed by atoms with Crippen LogP contribution in [0.2, 0.25) is 0 Å². The Morgan fingerprint density at radius 3 is 2.58 bits per heavy atom. The number of hydrogen-bond acceptors (Lipinski definition) is 4. The number of benzene rings is 1. The van der Waals surface area contributed by atoms with E-state index < -0.39 is 0 Å². The third kappa shape index (κ3) is 2.13. The van der Waals surface area contributed by atoms with Crippen molar-refractivity contribution in [3.8, 4) is 22.6 Å². The fraction of sp³-hybridized carbons (Fsp3) is 0. The first-order chi connectivity index (χ1) is 9.27. The van der Waals surface area contributed by atoms with E-state index in [2.05, 4.69) is 26.1 Å². The van der Waals surface area contributed by atoms with Crippen LogP contribution in [0.1, 0.15) is 0 Å². The Labute approximate surface area is 118 Å². The second kappa shape index (κ2) is 4.85. The average Bonchev–Trinajstić information content (AvgIpc) is 2.82. The predicted octanol–water partition coefficient (Wildman–Crippen LogP) is 3.75. The SMILES string of the molecule is Nc1noc(-c2ccccn2)c1-c1ccccc1Br. The van der Waals surface area contributed by atoms with Crippen molar-refractivity contribution in [1.29, 1.82) is 0 Å². The Morgan fingerprint density at radius 2 is 1.84 bits per heavy atom. The van der Waals surface area contributed by atoms with Crippen molar-refractivity contribution in [3.63, 3.8) is 0 Å². The zero-order chi connectivity index (χ0) is 13.2. The minimum Gasteiger partial charge on any atom is -0.380 e. The molecule has 0 aliphatic heterocycles. The lowest BCUT2D eigenvalue weighted by atomic mass is 10.0. The summed E-state index contributed by atoms with van der Waals surface area (Å²) in [5.74, 6) is 0.928. The van der Waals surface area contributed by atoms with Crippen molar-refractivity contribution in [2.24, 2.45) is 0 Å². The van der Waals surface area contributed by atoms with Crippen LogP contribution in [0.25, 0.3) is 22.6 Å². The Kier molecular flexibility index (Phi) is 3.05. The van der Waals surface area contributed by atoms with E-state index >= 15 is 0 Å². The molecule has 0 unspecified atom stereocenters. The van der Waals surface area contributed by atoms with Crippen LogP contribution in [-0.2, 0) is 0 Å². The van der Waals surface area contributed by atoms with Gasteiger partial charge in [-0.2, -0.15) is 0 Å². The zero-order valence-electron chi connectivity index (χ0n) is 9.88. The van der Waals surface area contributed by atoms with Crippen molar-refractivity contribution >= 4 is 21.7 Å². The van der Waals surface area contributed by atoms with E-state index in [0.29, 0.717) is 17.3 Å². The number of pyridine rings is 1. The molecule has 0 aliphatic rings. The summed E-state index contributed by atoms with van der Waals surface area (Å²) >= 11 is 3.51. The van der Waals surface area contributed by atoms with E-state index in [4.69, 9.17) is 10.3 Å². The fourth-order valence-electron chi connectivity index (χ4n) is 1.90. The average molecular weight is 316 g/mol. The molecule has 0 radical (unpaired) electrons. The highest BCUT2D eigenvalue weighted by molar-refractivity contribution is 9.10. The molecular formula is C14H10BrN3O. The number of nitrogens with zero attached hydrogens (tertiary/aromatic N) is 2. The van der Waals surface area contributed by atoms with Gasteiger partial charge in [-0.3, -0.25) is 4.98 Å². The lowest BCUT2D eigenvalue weighted by molar-refractivity contribution is 0.435. The third-order valence-electron chi connectivity index (χ3n) is 2.76. The summed E-state index contributed by atoms with van der Waals surface area (Å²) in [7, 11) is 0. The van der Waals surface area contributed by atoms with Gasteiger partial charge in [-0.05, 0) is 18.2 Å². The molecule has 94 valence electrons. The van der Waals surface area contributed by atoms with E-state index in [-0.39, 0.29) is 0 Å². The monoisotopic (exact) mass is 315 g/mol. The topological polar surface area (TPSA) is 64.9 Å². The summed E-state index contributed by atoms with van der Waals surface area (Å²) in [4.78, 5) is 4.27. The maximum Gasteiger partial charge on any atom is 0.195 e. The number of halogens is 1. The molecule has 0 bridgehead atoms. The highest BCUT2D eigenvalue weighted by Crippen LogP contribution is 2.38. The van der Waals surface area contributed by atoms with Gasteiger partial charge in [0.25, 0.3) is 0 Å². The second-order valence-electron chi connectivity index (χ2n) is 3.97. The third-order valence-corrected chi connectivity index (χ3v) is 3.45. The van der Waals surface area contributed by atoms with Crippen LogP contribution in [0.3, 0.4) is 0 Å². The minimum atomic E-state index is 0.354. The number of rotatable bonds is 2. The first kappa shape index (κ1) is 11.9. The van der Waals surface area contributed by atoms with E-state index in [0.717, 1.165) is 15.6 Å². The standard InChI is InChI=1S/C14H10BrN3O/c15-10-6-2-1-5-9(10)12-13(19-18-14(12)16)11-7-3-4-8-17-11/h1-8H,(H2,16,18). The number of aromatic nitrogens is 2. The van der Waals surface area contributed by atoms with E-state index in [9.17, 15) is 0 Å². The number of anilines is 1. The Morgan fingerprint density at radius 1 is 1.05 bits per heavy atom. The van der Waals surface area contributed by atoms with Crippen LogP contribution in [0, 0.1) is 0 Å². The van der Waals surface area contributed by atoms with Crippen LogP contribution in [0.15, 0.2) is 57.7 Å². The zero-order valence-corrected chi connectivity index (χ0v) is 11.5. The molecule has 2 heterocycles. The molecular weight excluding hydrogens is 306 g/mol. The van der Waals surface area contributed by atoms with Crippen molar-refractivity contribution in [1.82, 2.24) is 10.1 Å². The summed E-state index contributed by atoms with van der Waals surface area (Å²) in [6.45, 7) is 0. The fourth-order valence-corrected chi connectivity index (χ4v) is 2.38. The van der Waals surface area contributed by atoms with Crippen LogP contribution >= 0.6 is 15.9 Å². The summed E-state index contributed by atoms with van der Waals surface area (Å²) in [5.41, 5.74) is 8.32. The Balaban J connectivity index is 2.23. The van der Waals surface area contributed by atoms with Gasteiger partial charge in [0.05, 0.1) is 5.56 Å². The molecule has 2 aromatic heterocycles. The molecule has 3 rings (SSSR count). The molecule has 0 saturated carbocycles. The van der Waals surface area contributed by atoms with Crippen molar-refractivity contribution in [3.05, 3.63) is 53.1 Å². The van der Waals surface area contributed by atoms with Crippen molar-refractivity contribution in [2.45, 2.75) is 0 Å². The highest BCUT2D eigenvalue weighted by atomic mass is 79.9. The molecule has 2 N–H and O–H groups in total.